The fraction of sp³-hybridized carbons (Fsp3) is 0.875. The third kappa shape index (κ3) is 6.12. The van der Waals surface area contributed by atoms with Gasteiger partial charge in [0.05, 0.1) is 6.61 Å². The Kier molecular flexibility index (Phi) is 5.66. The number of nitrogens with one attached hydrogen (secondary N) is 1. The minimum absolute atomic E-state index is 0.0189. The maximum Gasteiger partial charge on any atom is 0.221 e. The van der Waals surface area contributed by atoms with Gasteiger partial charge in [-0.15, -0.1) is 0 Å². The topological polar surface area (TPSA) is 64.3 Å². The zero-order chi connectivity index (χ0) is 9.56. The first-order valence-electron chi connectivity index (χ1n) is 4.10. The highest BCUT2D eigenvalue weighted by molar-refractivity contribution is 5.76. The smallest absolute Gasteiger partial charge is 0.221 e. The molecule has 0 bridgehead atoms. The number of nitrogens with two attached hydrogens (primary N) is 1. The Labute approximate surface area is 73.5 Å². The van der Waals surface area contributed by atoms with Crippen molar-refractivity contribution in [3.8, 4) is 0 Å². The maximum absolute atomic E-state index is 11.1. The van der Waals surface area contributed by atoms with Gasteiger partial charge in [0.2, 0.25) is 5.91 Å². The number of carbonyl (C=O) groups is 1. The van der Waals surface area contributed by atoms with Crippen LogP contribution in [0.25, 0.3) is 0 Å². The molecular formula is C8H18N2O2. The van der Waals surface area contributed by atoms with E-state index < -0.39 is 0 Å². The maximum atomic E-state index is 11.1. The molecule has 0 aliphatic heterocycles. The highest BCUT2D eigenvalue weighted by Crippen LogP contribution is 1.88. The van der Waals surface area contributed by atoms with E-state index in [1.165, 1.54) is 0 Å². The number of methoxy groups -OCH3 is 1. The first-order chi connectivity index (χ1) is 5.56. The zero-order valence-corrected chi connectivity index (χ0v) is 7.96. The van der Waals surface area contributed by atoms with Gasteiger partial charge < -0.3 is 15.8 Å². The summed E-state index contributed by atoms with van der Waals surface area (Å²) in [6.45, 7) is 4.23. The minimum atomic E-state index is -0.0836. The van der Waals surface area contributed by atoms with Gasteiger partial charge in [0.1, 0.15) is 0 Å². The lowest BCUT2D eigenvalue weighted by Crippen LogP contribution is -2.38. The number of amides is 1. The van der Waals surface area contributed by atoms with Crippen molar-refractivity contribution in [2.45, 2.75) is 32.4 Å². The molecule has 1 amide bonds. The molecule has 0 radical (unpaired) electrons. The van der Waals surface area contributed by atoms with Gasteiger partial charge in [0.15, 0.2) is 0 Å². The van der Waals surface area contributed by atoms with Crippen molar-refractivity contribution in [1.29, 1.82) is 0 Å². The fourth-order valence-electron chi connectivity index (χ4n) is 0.918. The summed E-state index contributed by atoms with van der Waals surface area (Å²) >= 11 is 0. The van der Waals surface area contributed by atoms with E-state index in [0.717, 1.165) is 0 Å². The summed E-state index contributed by atoms with van der Waals surface area (Å²) in [5, 5.41) is 2.77. The Balaban J connectivity index is 3.54. The lowest BCUT2D eigenvalue weighted by Gasteiger charge is -2.13. The summed E-state index contributed by atoms with van der Waals surface area (Å²) in [7, 11) is 1.61. The van der Waals surface area contributed by atoms with E-state index >= 15 is 0 Å². The Bertz CT molecular complexity index is 137. The summed E-state index contributed by atoms with van der Waals surface area (Å²) in [6, 6.07) is -0.0269. The molecule has 72 valence electrons. The van der Waals surface area contributed by atoms with E-state index in [2.05, 4.69) is 5.32 Å². The van der Waals surface area contributed by atoms with Crippen LogP contribution >= 0.6 is 0 Å². The van der Waals surface area contributed by atoms with Crippen LogP contribution in [0.4, 0.5) is 0 Å². The van der Waals surface area contributed by atoms with Crippen molar-refractivity contribution in [2.24, 2.45) is 5.73 Å². The monoisotopic (exact) mass is 174 g/mol. The van der Waals surface area contributed by atoms with E-state index in [1.54, 1.807) is 14.0 Å². The van der Waals surface area contributed by atoms with E-state index in [1.807, 2.05) is 6.92 Å². The van der Waals surface area contributed by atoms with Crippen LogP contribution < -0.4 is 11.1 Å². The molecule has 0 spiro atoms. The van der Waals surface area contributed by atoms with Crippen LogP contribution in [0.15, 0.2) is 0 Å². The second kappa shape index (κ2) is 5.97. The van der Waals surface area contributed by atoms with Gasteiger partial charge in [-0.05, 0) is 13.8 Å². The summed E-state index contributed by atoms with van der Waals surface area (Å²) in [4.78, 5) is 11.1. The summed E-state index contributed by atoms with van der Waals surface area (Å²) in [5.74, 6) is -0.0189. The van der Waals surface area contributed by atoms with Crippen molar-refractivity contribution >= 4 is 5.91 Å². The molecule has 0 saturated heterocycles. The largest absolute Gasteiger partial charge is 0.383 e. The van der Waals surface area contributed by atoms with Crippen LogP contribution in [0.5, 0.6) is 0 Å². The lowest BCUT2D eigenvalue weighted by molar-refractivity contribution is -0.122. The summed E-state index contributed by atoms with van der Waals surface area (Å²) < 4.78 is 4.86. The Morgan fingerprint density at radius 1 is 1.58 bits per heavy atom. The standard InChI is InChI=1S/C8H18N2O2/c1-6(9)4-8(11)10-7(2)5-12-3/h6-7H,4-5,9H2,1-3H3,(H,10,11). The molecule has 2 atom stereocenters. The Morgan fingerprint density at radius 3 is 2.58 bits per heavy atom. The summed E-state index contributed by atoms with van der Waals surface area (Å²) in [5.41, 5.74) is 5.45. The van der Waals surface area contributed by atoms with Crippen LogP contribution in [0.1, 0.15) is 20.3 Å². The van der Waals surface area contributed by atoms with Gasteiger partial charge in [-0.25, -0.2) is 0 Å². The van der Waals surface area contributed by atoms with Gasteiger partial charge in [-0.3, -0.25) is 4.79 Å². The van der Waals surface area contributed by atoms with Crippen LogP contribution in [0, 0.1) is 0 Å². The van der Waals surface area contributed by atoms with E-state index in [-0.39, 0.29) is 18.0 Å². The third-order valence-electron chi connectivity index (χ3n) is 1.33. The second-order valence-corrected chi connectivity index (χ2v) is 3.11. The van der Waals surface area contributed by atoms with Crippen molar-refractivity contribution in [2.75, 3.05) is 13.7 Å². The van der Waals surface area contributed by atoms with Gasteiger partial charge in [0, 0.05) is 25.6 Å². The van der Waals surface area contributed by atoms with E-state index in [4.69, 9.17) is 10.5 Å². The quantitative estimate of drug-likeness (QED) is 0.610. The molecule has 4 heteroatoms. The van der Waals surface area contributed by atoms with Gasteiger partial charge in [-0.2, -0.15) is 0 Å². The molecule has 2 unspecified atom stereocenters. The van der Waals surface area contributed by atoms with Crippen LogP contribution in [0.2, 0.25) is 0 Å². The second-order valence-electron chi connectivity index (χ2n) is 3.11. The van der Waals surface area contributed by atoms with Crippen LogP contribution in [-0.4, -0.2) is 31.7 Å². The third-order valence-corrected chi connectivity index (χ3v) is 1.33. The highest BCUT2D eigenvalue weighted by Gasteiger charge is 2.08. The Morgan fingerprint density at radius 2 is 2.17 bits per heavy atom. The number of rotatable bonds is 5. The SMILES string of the molecule is COCC(C)NC(=O)CC(C)N. The van der Waals surface area contributed by atoms with Crippen LogP contribution in [-0.2, 0) is 9.53 Å². The number of hydrogen-bond donors (Lipinski definition) is 2. The van der Waals surface area contributed by atoms with Gasteiger partial charge in [0.25, 0.3) is 0 Å². The summed E-state index contributed by atoms with van der Waals surface area (Å²) in [6.07, 6.45) is 0.369. The minimum Gasteiger partial charge on any atom is -0.383 e. The normalized spacial score (nSPS) is 15.3. The number of ether oxygens (including phenoxy) is 1. The predicted molar refractivity (Wildman–Crippen MR) is 47.7 cm³/mol. The molecule has 0 fully saturated rings. The average molecular weight is 174 g/mol. The van der Waals surface area contributed by atoms with Crippen molar-refractivity contribution in [3.05, 3.63) is 0 Å². The van der Waals surface area contributed by atoms with Crippen molar-refractivity contribution < 1.29 is 9.53 Å². The van der Waals surface area contributed by atoms with Gasteiger partial charge >= 0.3 is 0 Å². The molecule has 0 saturated carbocycles. The zero-order valence-electron chi connectivity index (χ0n) is 7.96. The fourth-order valence-corrected chi connectivity index (χ4v) is 0.918. The molecule has 0 aliphatic rings. The molecule has 0 aliphatic carbocycles. The molecule has 0 aromatic carbocycles. The molecular weight excluding hydrogens is 156 g/mol. The van der Waals surface area contributed by atoms with Crippen LogP contribution in [0.3, 0.4) is 0 Å². The van der Waals surface area contributed by atoms with Gasteiger partial charge in [-0.1, -0.05) is 0 Å². The molecule has 0 aromatic rings. The van der Waals surface area contributed by atoms with E-state index in [9.17, 15) is 4.79 Å². The van der Waals surface area contributed by atoms with E-state index in [0.29, 0.717) is 13.0 Å². The number of hydrogen-bond acceptors (Lipinski definition) is 3. The highest BCUT2D eigenvalue weighted by atomic mass is 16.5. The molecule has 12 heavy (non-hydrogen) atoms. The Hall–Kier alpha value is -0.610. The van der Waals surface area contributed by atoms with Crippen molar-refractivity contribution in [3.63, 3.8) is 0 Å². The average Bonchev–Trinajstić information content (AvgIpc) is 1.84. The first-order valence-corrected chi connectivity index (χ1v) is 4.10. The van der Waals surface area contributed by atoms with Crippen molar-refractivity contribution in [1.82, 2.24) is 5.32 Å². The molecule has 0 aromatic heterocycles. The molecule has 4 nitrogen and oxygen atoms in total. The molecule has 3 N–H and O–H groups in total. The molecule has 0 heterocycles. The lowest BCUT2D eigenvalue weighted by atomic mass is 10.2. The molecule has 0 rings (SSSR count). The number of carbonyl (C=O) groups excluding carboxylic acids is 1. The predicted octanol–water partition coefficient (Wildman–Crippen LogP) is -0.125. The first kappa shape index (κ1) is 11.4.